The Morgan fingerprint density at radius 3 is 2.69 bits per heavy atom. The second-order valence-corrected chi connectivity index (χ2v) is 4.20. The maximum atomic E-state index is 9.45. The molecule has 0 aliphatic carbocycles. The average molecular weight is 223 g/mol. The molecule has 0 saturated heterocycles. The van der Waals surface area contributed by atoms with Crippen LogP contribution in [0.5, 0.6) is 5.75 Å². The van der Waals surface area contributed by atoms with E-state index in [1.54, 1.807) is 0 Å². The van der Waals surface area contributed by atoms with Crippen LogP contribution in [0.3, 0.4) is 0 Å². The van der Waals surface area contributed by atoms with Gasteiger partial charge in [-0.2, -0.15) is 0 Å². The van der Waals surface area contributed by atoms with Gasteiger partial charge in [0.2, 0.25) is 0 Å². The molecule has 16 heavy (non-hydrogen) atoms. The predicted molar refractivity (Wildman–Crippen MR) is 65.6 cm³/mol. The molecular formula is C13H21NO2. The van der Waals surface area contributed by atoms with Crippen LogP contribution < -0.4 is 10.5 Å². The van der Waals surface area contributed by atoms with Crippen LogP contribution in [0.15, 0.2) is 18.2 Å². The molecule has 0 spiro atoms. The topological polar surface area (TPSA) is 55.5 Å². The molecule has 1 aromatic carbocycles. The monoisotopic (exact) mass is 223 g/mol. The third-order valence-electron chi connectivity index (χ3n) is 2.56. The average Bonchev–Trinajstić information content (AvgIpc) is 2.26. The number of nitrogens with two attached hydrogens (primary N) is 1. The highest BCUT2D eigenvalue weighted by atomic mass is 16.5. The smallest absolute Gasteiger partial charge is 0.124 e. The molecule has 0 radical (unpaired) electrons. The van der Waals surface area contributed by atoms with E-state index in [2.05, 4.69) is 0 Å². The number of ether oxygens (including phenoxy) is 1. The molecule has 0 saturated carbocycles. The highest BCUT2D eigenvalue weighted by Gasteiger charge is 2.10. The minimum absolute atomic E-state index is 0.0614. The largest absolute Gasteiger partial charge is 0.491 e. The van der Waals surface area contributed by atoms with Gasteiger partial charge < -0.3 is 15.6 Å². The standard InChI is InChI=1S/C13H21NO2/c1-4-11(15)8-16-13-6-5-9(2)7-12(13)10(3)14/h5-7,10-11,15H,4,8,14H2,1-3H3/t10-,11?/m0/s1. The SMILES string of the molecule is CCC(O)COc1ccc(C)cc1[C@H](C)N. The van der Waals surface area contributed by atoms with E-state index in [1.165, 1.54) is 0 Å². The Morgan fingerprint density at radius 2 is 2.12 bits per heavy atom. The Labute approximate surface area is 97.2 Å². The first-order chi connectivity index (χ1) is 7.54. The van der Waals surface area contributed by atoms with Crippen LogP contribution >= 0.6 is 0 Å². The predicted octanol–water partition coefficient (Wildman–Crippen LogP) is 2.16. The minimum Gasteiger partial charge on any atom is -0.491 e. The zero-order valence-corrected chi connectivity index (χ0v) is 10.2. The second kappa shape index (κ2) is 5.87. The lowest BCUT2D eigenvalue weighted by molar-refractivity contribution is 0.103. The molecule has 0 aromatic heterocycles. The quantitative estimate of drug-likeness (QED) is 0.804. The van der Waals surface area contributed by atoms with Gasteiger partial charge in [-0.25, -0.2) is 0 Å². The summed E-state index contributed by atoms with van der Waals surface area (Å²) in [5.41, 5.74) is 8.03. The van der Waals surface area contributed by atoms with Crippen molar-refractivity contribution in [2.24, 2.45) is 5.73 Å². The summed E-state index contributed by atoms with van der Waals surface area (Å²) in [7, 11) is 0. The van der Waals surface area contributed by atoms with E-state index in [1.807, 2.05) is 39.0 Å². The van der Waals surface area contributed by atoms with Crippen LogP contribution in [-0.4, -0.2) is 17.8 Å². The van der Waals surface area contributed by atoms with Crippen molar-refractivity contribution in [2.45, 2.75) is 39.3 Å². The number of hydrogen-bond acceptors (Lipinski definition) is 3. The summed E-state index contributed by atoms with van der Waals surface area (Å²) >= 11 is 0. The molecule has 0 fully saturated rings. The Bertz CT molecular complexity index is 337. The summed E-state index contributed by atoms with van der Waals surface area (Å²) in [4.78, 5) is 0. The highest BCUT2D eigenvalue weighted by molar-refractivity contribution is 5.38. The maximum Gasteiger partial charge on any atom is 0.124 e. The summed E-state index contributed by atoms with van der Waals surface area (Å²) in [5.74, 6) is 0.771. The summed E-state index contributed by atoms with van der Waals surface area (Å²) < 4.78 is 5.58. The third kappa shape index (κ3) is 3.51. The van der Waals surface area contributed by atoms with Gasteiger partial charge in [0.15, 0.2) is 0 Å². The van der Waals surface area contributed by atoms with E-state index in [4.69, 9.17) is 10.5 Å². The number of rotatable bonds is 5. The van der Waals surface area contributed by atoms with Crippen molar-refractivity contribution in [2.75, 3.05) is 6.61 Å². The van der Waals surface area contributed by atoms with E-state index in [0.29, 0.717) is 13.0 Å². The van der Waals surface area contributed by atoms with E-state index < -0.39 is 6.10 Å². The van der Waals surface area contributed by atoms with Gasteiger partial charge in [-0.1, -0.05) is 24.6 Å². The number of benzene rings is 1. The fourth-order valence-electron chi connectivity index (χ4n) is 1.46. The lowest BCUT2D eigenvalue weighted by Gasteiger charge is -2.16. The molecule has 3 nitrogen and oxygen atoms in total. The first-order valence-corrected chi connectivity index (χ1v) is 5.71. The molecule has 1 unspecified atom stereocenters. The molecule has 0 aliphatic rings. The highest BCUT2D eigenvalue weighted by Crippen LogP contribution is 2.25. The molecule has 0 heterocycles. The van der Waals surface area contributed by atoms with Gasteiger partial charge in [-0.05, 0) is 26.3 Å². The van der Waals surface area contributed by atoms with Crippen molar-refractivity contribution in [3.8, 4) is 5.75 Å². The molecule has 3 N–H and O–H groups in total. The van der Waals surface area contributed by atoms with Crippen molar-refractivity contribution in [1.82, 2.24) is 0 Å². The summed E-state index contributed by atoms with van der Waals surface area (Å²) in [6.07, 6.45) is 0.279. The zero-order chi connectivity index (χ0) is 12.1. The van der Waals surface area contributed by atoms with Gasteiger partial charge in [0.1, 0.15) is 12.4 Å². The summed E-state index contributed by atoms with van der Waals surface area (Å²) in [6.45, 7) is 6.20. The molecule has 3 heteroatoms. The number of aliphatic hydroxyl groups is 1. The van der Waals surface area contributed by atoms with E-state index in [9.17, 15) is 5.11 Å². The van der Waals surface area contributed by atoms with Crippen LogP contribution in [0.1, 0.15) is 37.4 Å². The van der Waals surface area contributed by atoms with E-state index in [-0.39, 0.29) is 6.04 Å². The van der Waals surface area contributed by atoms with Crippen molar-refractivity contribution in [3.63, 3.8) is 0 Å². The van der Waals surface area contributed by atoms with Gasteiger partial charge in [0.25, 0.3) is 0 Å². The third-order valence-corrected chi connectivity index (χ3v) is 2.56. The normalized spacial score (nSPS) is 14.6. The van der Waals surface area contributed by atoms with Gasteiger partial charge >= 0.3 is 0 Å². The molecule has 2 atom stereocenters. The number of hydrogen-bond donors (Lipinski definition) is 2. The minimum atomic E-state index is -0.415. The molecule has 0 aliphatic heterocycles. The number of aliphatic hydroxyl groups excluding tert-OH is 1. The lowest BCUT2D eigenvalue weighted by atomic mass is 10.1. The Hall–Kier alpha value is -1.06. The fourth-order valence-corrected chi connectivity index (χ4v) is 1.46. The van der Waals surface area contributed by atoms with Crippen LogP contribution in [0.2, 0.25) is 0 Å². The van der Waals surface area contributed by atoms with Crippen LogP contribution in [0.25, 0.3) is 0 Å². The second-order valence-electron chi connectivity index (χ2n) is 4.20. The van der Waals surface area contributed by atoms with Gasteiger partial charge in [0, 0.05) is 11.6 Å². The molecule has 1 aromatic rings. The van der Waals surface area contributed by atoms with E-state index >= 15 is 0 Å². The molecule has 0 amide bonds. The summed E-state index contributed by atoms with van der Waals surface area (Å²) in [6, 6.07) is 5.86. The van der Waals surface area contributed by atoms with Gasteiger partial charge in [0.05, 0.1) is 6.10 Å². The first-order valence-electron chi connectivity index (χ1n) is 5.71. The first kappa shape index (κ1) is 13.0. The van der Waals surface area contributed by atoms with Crippen molar-refractivity contribution in [3.05, 3.63) is 29.3 Å². The maximum absolute atomic E-state index is 9.45. The van der Waals surface area contributed by atoms with Crippen molar-refractivity contribution < 1.29 is 9.84 Å². The Morgan fingerprint density at radius 1 is 1.44 bits per heavy atom. The number of aryl methyl sites for hydroxylation is 1. The van der Waals surface area contributed by atoms with E-state index in [0.717, 1.165) is 16.9 Å². The summed E-state index contributed by atoms with van der Waals surface area (Å²) in [5, 5.41) is 9.45. The van der Waals surface area contributed by atoms with Crippen molar-refractivity contribution in [1.29, 1.82) is 0 Å². The molecular weight excluding hydrogens is 202 g/mol. The van der Waals surface area contributed by atoms with Gasteiger partial charge in [-0.15, -0.1) is 0 Å². The molecule has 0 bridgehead atoms. The molecule has 90 valence electrons. The molecule has 1 rings (SSSR count). The Kier molecular flexibility index (Phi) is 4.77. The van der Waals surface area contributed by atoms with Crippen LogP contribution in [0.4, 0.5) is 0 Å². The van der Waals surface area contributed by atoms with Gasteiger partial charge in [-0.3, -0.25) is 0 Å². The lowest BCUT2D eigenvalue weighted by Crippen LogP contribution is -2.17. The van der Waals surface area contributed by atoms with Crippen LogP contribution in [0, 0.1) is 6.92 Å². The fraction of sp³-hybridized carbons (Fsp3) is 0.538. The Balaban J connectivity index is 2.78. The van der Waals surface area contributed by atoms with Crippen molar-refractivity contribution >= 4 is 0 Å². The zero-order valence-electron chi connectivity index (χ0n) is 10.2. The van der Waals surface area contributed by atoms with Crippen LogP contribution in [-0.2, 0) is 0 Å².